The second-order valence-corrected chi connectivity index (χ2v) is 20.6. The number of nitriles is 1. The summed E-state index contributed by atoms with van der Waals surface area (Å²) in [5.41, 5.74) is 20.3. The van der Waals surface area contributed by atoms with Crippen LogP contribution in [0.15, 0.2) is 170 Å². The summed E-state index contributed by atoms with van der Waals surface area (Å²) in [5.74, 6) is 2.65. The van der Waals surface area contributed by atoms with Crippen LogP contribution < -0.4 is 0 Å². The molecule has 310 valence electrons. The molecule has 2 heteroatoms. The molecule has 8 aromatic carbocycles. The van der Waals surface area contributed by atoms with Gasteiger partial charge in [-0.25, -0.2) is 4.98 Å². The van der Waals surface area contributed by atoms with Gasteiger partial charge in [0.05, 0.1) is 23.0 Å². The Kier molecular flexibility index (Phi) is 7.74. The largest absolute Gasteiger partial charge is 0.248 e. The minimum absolute atomic E-state index is 0.161. The molecule has 4 bridgehead atoms. The van der Waals surface area contributed by atoms with Crippen LogP contribution in [0.3, 0.4) is 0 Å². The average molecular weight is 833 g/mol. The third kappa shape index (κ3) is 5.13. The lowest BCUT2D eigenvalue weighted by molar-refractivity contribution is -0.0400. The number of rotatable bonds is 4. The van der Waals surface area contributed by atoms with Crippen molar-refractivity contribution in [1.82, 2.24) is 4.98 Å². The first-order valence-electron chi connectivity index (χ1n) is 23.8. The van der Waals surface area contributed by atoms with Crippen molar-refractivity contribution in [2.24, 2.45) is 23.7 Å². The fraction of sp³-hybridized carbons (Fsp3) is 0.206. The molecule has 9 aromatic rings. The highest BCUT2D eigenvalue weighted by Crippen LogP contribution is 2.70. The third-order valence-corrected chi connectivity index (χ3v) is 17.0. The van der Waals surface area contributed by atoms with Crippen LogP contribution in [-0.4, -0.2) is 4.98 Å². The smallest absolute Gasteiger partial charge is 0.0995 e. The van der Waals surface area contributed by atoms with Gasteiger partial charge in [0.15, 0.2) is 0 Å². The quantitative estimate of drug-likeness (QED) is 0.166. The van der Waals surface area contributed by atoms with Crippen LogP contribution in [0.25, 0.3) is 88.6 Å². The van der Waals surface area contributed by atoms with Gasteiger partial charge in [-0.2, -0.15) is 5.26 Å². The molecule has 6 aliphatic carbocycles. The van der Waals surface area contributed by atoms with Crippen LogP contribution in [-0.2, 0) is 10.8 Å². The Balaban J connectivity index is 0.989. The summed E-state index contributed by atoms with van der Waals surface area (Å²) in [6.45, 7) is 4.74. The van der Waals surface area contributed by atoms with Gasteiger partial charge in [0.25, 0.3) is 0 Å². The van der Waals surface area contributed by atoms with E-state index in [0.717, 1.165) is 45.5 Å². The van der Waals surface area contributed by atoms with Crippen molar-refractivity contribution >= 4 is 21.5 Å². The molecule has 15 rings (SSSR count). The standard InChI is InChI=1S/C63H48N2/c1-62(2)56-21-9-8-16-51(56)54-20-10-17-48(61(54)62)43-31-44(36-64)60-55(32-43)52-25-23-41(33-57(52)63(60)45-27-37-26-38(29-45)30-46(63)28-37)42-34-58(40-13-4-3-5-14-40)65-59(35-42)53-19-11-18-49-47-15-7-6-12-39(47)22-24-50(49)53/h3-25,31-35,37-38,45-46H,26-30H2,1-2H3. The average Bonchev–Trinajstić information content (AvgIpc) is 3.77. The lowest BCUT2D eigenvalue weighted by atomic mass is 9.43. The van der Waals surface area contributed by atoms with E-state index in [1.807, 2.05) is 0 Å². The van der Waals surface area contributed by atoms with E-state index in [4.69, 9.17) is 4.98 Å². The van der Waals surface area contributed by atoms with Crippen molar-refractivity contribution in [2.45, 2.75) is 56.8 Å². The number of hydrogen-bond acceptors (Lipinski definition) is 2. The van der Waals surface area contributed by atoms with Gasteiger partial charge in [0, 0.05) is 22.0 Å². The van der Waals surface area contributed by atoms with Crippen LogP contribution in [0.2, 0.25) is 0 Å². The zero-order valence-corrected chi connectivity index (χ0v) is 36.9. The minimum Gasteiger partial charge on any atom is -0.248 e. The first-order chi connectivity index (χ1) is 31.9. The van der Waals surface area contributed by atoms with Crippen molar-refractivity contribution < 1.29 is 0 Å². The zero-order chi connectivity index (χ0) is 43.2. The fourth-order valence-corrected chi connectivity index (χ4v) is 14.7. The predicted octanol–water partition coefficient (Wildman–Crippen LogP) is 16.0. The molecule has 0 atom stereocenters. The van der Waals surface area contributed by atoms with E-state index in [1.54, 1.807) is 0 Å². The fourth-order valence-electron chi connectivity index (χ4n) is 14.7. The molecule has 0 unspecified atom stereocenters. The van der Waals surface area contributed by atoms with E-state index in [2.05, 4.69) is 190 Å². The first-order valence-corrected chi connectivity index (χ1v) is 23.8. The number of aromatic nitrogens is 1. The van der Waals surface area contributed by atoms with Crippen LogP contribution >= 0.6 is 0 Å². The number of fused-ring (bicyclic) bond motifs is 9. The molecular weight excluding hydrogens is 785 g/mol. The van der Waals surface area contributed by atoms with E-state index in [0.29, 0.717) is 11.8 Å². The van der Waals surface area contributed by atoms with Crippen molar-refractivity contribution in [1.29, 1.82) is 5.26 Å². The summed E-state index contributed by atoms with van der Waals surface area (Å²) < 4.78 is 0. The van der Waals surface area contributed by atoms with Gasteiger partial charge in [-0.05, 0) is 174 Å². The Hall–Kier alpha value is -7.08. The van der Waals surface area contributed by atoms with Crippen molar-refractivity contribution in [3.05, 3.63) is 198 Å². The van der Waals surface area contributed by atoms with Gasteiger partial charge >= 0.3 is 0 Å². The molecule has 2 nitrogen and oxygen atoms in total. The summed E-state index contributed by atoms with van der Waals surface area (Å²) >= 11 is 0. The Labute approximate surface area is 381 Å². The monoisotopic (exact) mass is 832 g/mol. The molecule has 6 aliphatic rings. The molecule has 0 radical (unpaired) electrons. The van der Waals surface area contributed by atoms with Gasteiger partial charge in [-0.15, -0.1) is 0 Å². The van der Waals surface area contributed by atoms with Gasteiger partial charge in [0.1, 0.15) is 0 Å². The van der Waals surface area contributed by atoms with E-state index < -0.39 is 0 Å². The Morgan fingerprint density at radius 1 is 0.446 bits per heavy atom. The molecule has 1 aromatic heterocycles. The Morgan fingerprint density at radius 3 is 1.95 bits per heavy atom. The summed E-state index contributed by atoms with van der Waals surface area (Å²) in [6.07, 6.45) is 6.42. The molecule has 1 spiro atoms. The molecule has 0 amide bonds. The van der Waals surface area contributed by atoms with E-state index in [9.17, 15) is 5.26 Å². The number of pyridine rings is 1. The summed E-state index contributed by atoms with van der Waals surface area (Å²) in [5, 5.41) is 16.4. The molecule has 0 N–H and O–H groups in total. The lowest BCUT2D eigenvalue weighted by Crippen LogP contribution is -2.55. The van der Waals surface area contributed by atoms with Gasteiger partial charge in [0.2, 0.25) is 0 Å². The Bertz CT molecular complexity index is 3520. The third-order valence-electron chi connectivity index (χ3n) is 17.0. The van der Waals surface area contributed by atoms with Crippen molar-refractivity contribution in [3.8, 4) is 73.1 Å². The molecule has 65 heavy (non-hydrogen) atoms. The number of nitrogens with zero attached hydrogens (tertiary/aromatic N) is 2. The van der Waals surface area contributed by atoms with E-state index >= 15 is 0 Å². The minimum atomic E-state index is -0.180. The molecular formula is C63H48N2. The van der Waals surface area contributed by atoms with Gasteiger partial charge < -0.3 is 0 Å². The van der Waals surface area contributed by atoms with Crippen LogP contribution in [0.5, 0.6) is 0 Å². The maximum atomic E-state index is 11.4. The second-order valence-electron chi connectivity index (χ2n) is 20.6. The summed E-state index contributed by atoms with van der Waals surface area (Å²) in [7, 11) is 0. The normalized spacial score (nSPS) is 22.5. The van der Waals surface area contributed by atoms with Crippen LogP contribution in [0.1, 0.15) is 73.8 Å². The topological polar surface area (TPSA) is 36.7 Å². The SMILES string of the molecule is CC1(C)c2ccccc2-c2cccc(-c3cc(C#N)c4c(c3)-c3ccc(-c5cc(-c6ccccc6)nc(-c6cccc7c6ccc6ccccc67)c5)cc3C43C4CC5CC(C4)CC3C5)c21. The maximum Gasteiger partial charge on any atom is 0.0995 e. The second kappa shape index (κ2) is 13.5. The Morgan fingerprint density at radius 2 is 1.12 bits per heavy atom. The lowest BCUT2D eigenvalue weighted by Gasteiger charge is -2.61. The van der Waals surface area contributed by atoms with Crippen molar-refractivity contribution in [2.75, 3.05) is 0 Å². The zero-order valence-electron chi connectivity index (χ0n) is 36.9. The molecule has 0 aliphatic heterocycles. The highest BCUT2D eigenvalue weighted by molar-refractivity contribution is 6.12. The highest BCUT2D eigenvalue weighted by Gasteiger charge is 2.62. The number of hydrogen-bond donors (Lipinski definition) is 0. The maximum absolute atomic E-state index is 11.4. The molecule has 1 heterocycles. The van der Waals surface area contributed by atoms with E-state index in [-0.39, 0.29) is 10.8 Å². The summed E-state index contributed by atoms with van der Waals surface area (Å²) in [4.78, 5) is 5.45. The number of benzene rings is 8. The van der Waals surface area contributed by atoms with E-state index in [1.165, 1.54) is 115 Å². The predicted molar refractivity (Wildman–Crippen MR) is 267 cm³/mol. The molecule has 4 saturated carbocycles. The van der Waals surface area contributed by atoms with Gasteiger partial charge in [-0.1, -0.05) is 153 Å². The summed E-state index contributed by atoms with van der Waals surface area (Å²) in [6, 6.07) is 65.9. The van der Waals surface area contributed by atoms with Crippen molar-refractivity contribution in [3.63, 3.8) is 0 Å². The first kappa shape index (κ1) is 37.3. The van der Waals surface area contributed by atoms with Crippen LogP contribution in [0, 0.1) is 35.0 Å². The molecule has 4 fully saturated rings. The molecule has 0 saturated heterocycles. The highest BCUT2D eigenvalue weighted by atomic mass is 14.7. The van der Waals surface area contributed by atoms with Gasteiger partial charge in [-0.3, -0.25) is 0 Å². The van der Waals surface area contributed by atoms with Crippen LogP contribution in [0.4, 0.5) is 0 Å².